The third-order valence-electron chi connectivity index (χ3n) is 2.77. The van der Waals surface area contributed by atoms with Crippen molar-refractivity contribution in [2.75, 3.05) is 11.9 Å². The second kappa shape index (κ2) is 6.33. The maximum Gasteiger partial charge on any atom is 0.358 e. The van der Waals surface area contributed by atoms with Gasteiger partial charge in [-0.3, -0.25) is 9.48 Å². The van der Waals surface area contributed by atoms with Crippen molar-refractivity contribution >= 4 is 17.6 Å². The van der Waals surface area contributed by atoms with Crippen LogP contribution in [0.1, 0.15) is 27.9 Å². The minimum absolute atomic E-state index is 0.0141. The van der Waals surface area contributed by atoms with E-state index in [1.165, 1.54) is 23.9 Å². The number of nitrogens with one attached hydrogen (secondary N) is 1. The number of amides is 1. The Hall–Kier alpha value is -2.77. The Kier molecular flexibility index (Phi) is 4.50. The highest BCUT2D eigenvalue weighted by Gasteiger charge is 2.18. The Labute approximate surface area is 124 Å². The van der Waals surface area contributed by atoms with Crippen LogP contribution >= 0.6 is 0 Å². The molecule has 0 saturated carbocycles. The van der Waals surface area contributed by atoms with Crippen molar-refractivity contribution in [3.05, 3.63) is 47.3 Å². The number of anilines is 1. The Morgan fingerprint density at radius 3 is 2.64 bits per heavy atom. The fourth-order valence-corrected chi connectivity index (χ4v) is 1.75. The smallest absolute Gasteiger partial charge is 0.358 e. The molecule has 116 valence electrons. The van der Waals surface area contributed by atoms with Crippen LogP contribution in [0, 0.1) is 11.6 Å². The molecule has 0 aliphatic rings. The number of halogens is 2. The lowest BCUT2D eigenvalue weighted by atomic mass is 10.2. The summed E-state index contributed by atoms with van der Waals surface area (Å²) in [6.07, 6.45) is 0. The van der Waals surface area contributed by atoms with Gasteiger partial charge in [-0.05, 0) is 19.1 Å². The third kappa shape index (κ3) is 3.27. The molecule has 1 amide bonds. The largest absolute Gasteiger partial charge is 0.461 e. The molecule has 2 rings (SSSR count). The van der Waals surface area contributed by atoms with Gasteiger partial charge in [0.1, 0.15) is 5.69 Å². The molecule has 1 N–H and O–H groups in total. The Morgan fingerprint density at radius 1 is 1.27 bits per heavy atom. The minimum Gasteiger partial charge on any atom is -0.461 e. The Bertz CT molecular complexity index is 728. The van der Waals surface area contributed by atoms with Crippen LogP contribution in [-0.4, -0.2) is 28.3 Å². The normalized spacial score (nSPS) is 10.4. The molecule has 6 nitrogen and oxygen atoms in total. The number of carbonyl (C=O) groups is 2. The summed E-state index contributed by atoms with van der Waals surface area (Å²) in [6.45, 7) is 1.84. The lowest BCUT2D eigenvalue weighted by Gasteiger charge is -2.05. The van der Waals surface area contributed by atoms with Gasteiger partial charge in [-0.2, -0.15) is 5.10 Å². The SMILES string of the molecule is CCOC(=O)c1cc(C(=O)Nc2ccc(F)c(F)c2)n(C)n1. The van der Waals surface area contributed by atoms with Gasteiger partial charge in [0.15, 0.2) is 17.3 Å². The van der Waals surface area contributed by atoms with E-state index in [0.29, 0.717) is 0 Å². The molecular weight excluding hydrogens is 296 g/mol. The lowest BCUT2D eigenvalue weighted by molar-refractivity contribution is 0.0518. The summed E-state index contributed by atoms with van der Waals surface area (Å²) in [5.41, 5.74) is 0.148. The Balaban J connectivity index is 2.19. The molecule has 0 bridgehead atoms. The van der Waals surface area contributed by atoms with Crippen LogP contribution in [0.5, 0.6) is 0 Å². The molecule has 0 radical (unpaired) electrons. The van der Waals surface area contributed by atoms with Crippen molar-refractivity contribution in [2.45, 2.75) is 6.92 Å². The van der Waals surface area contributed by atoms with Crippen molar-refractivity contribution in [2.24, 2.45) is 7.05 Å². The first-order valence-electron chi connectivity index (χ1n) is 6.40. The van der Waals surface area contributed by atoms with Crippen molar-refractivity contribution in [3.8, 4) is 0 Å². The van der Waals surface area contributed by atoms with Gasteiger partial charge in [-0.1, -0.05) is 0 Å². The molecule has 0 aliphatic carbocycles. The van der Waals surface area contributed by atoms with E-state index in [9.17, 15) is 18.4 Å². The highest BCUT2D eigenvalue weighted by molar-refractivity contribution is 6.04. The summed E-state index contributed by atoms with van der Waals surface area (Å²) in [5.74, 6) is -3.35. The standard InChI is InChI=1S/C14H13F2N3O3/c1-3-22-14(21)11-7-12(19(2)18-11)13(20)17-8-4-5-9(15)10(16)6-8/h4-7H,3H2,1-2H3,(H,17,20). The second-order valence-corrected chi connectivity index (χ2v) is 4.34. The zero-order valence-corrected chi connectivity index (χ0v) is 11.9. The van der Waals surface area contributed by atoms with Crippen LogP contribution in [0.15, 0.2) is 24.3 Å². The number of hydrogen-bond donors (Lipinski definition) is 1. The fraction of sp³-hybridized carbons (Fsp3) is 0.214. The molecule has 0 spiro atoms. The van der Waals surface area contributed by atoms with Crippen LogP contribution in [0.3, 0.4) is 0 Å². The van der Waals surface area contributed by atoms with Crippen molar-refractivity contribution < 1.29 is 23.1 Å². The predicted molar refractivity (Wildman–Crippen MR) is 73.5 cm³/mol. The predicted octanol–water partition coefficient (Wildman–Crippen LogP) is 2.13. The molecule has 0 saturated heterocycles. The molecule has 2 aromatic rings. The molecule has 8 heteroatoms. The second-order valence-electron chi connectivity index (χ2n) is 4.34. The van der Waals surface area contributed by atoms with Crippen LogP contribution in [0.25, 0.3) is 0 Å². The van der Waals surface area contributed by atoms with E-state index in [1.54, 1.807) is 6.92 Å². The number of nitrogens with zero attached hydrogens (tertiary/aromatic N) is 2. The lowest BCUT2D eigenvalue weighted by Crippen LogP contribution is -2.16. The molecule has 22 heavy (non-hydrogen) atoms. The maximum absolute atomic E-state index is 13.1. The molecule has 0 fully saturated rings. The van der Waals surface area contributed by atoms with E-state index in [-0.39, 0.29) is 23.7 Å². The topological polar surface area (TPSA) is 73.2 Å². The number of esters is 1. The number of ether oxygens (including phenoxy) is 1. The van der Waals surface area contributed by atoms with Gasteiger partial charge in [-0.25, -0.2) is 13.6 Å². The average molecular weight is 309 g/mol. The zero-order chi connectivity index (χ0) is 16.3. The van der Waals surface area contributed by atoms with Gasteiger partial charge in [-0.15, -0.1) is 0 Å². The molecule has 0 aliphatic heterocycles. The molecular formula is C14H13F2N3O3. The van der Waals surface area contributed by atoms with Gasteiger partial charge in [0.25, 0.3) is 5.91 Å². The van der Waals surface area contributed by atoms with Crippen molar-refractivity contribution in [1.29, 1.82) is 0 Å². The van der Waals surface area contributed by atoms with Crippen LogP contribution in [0.4, 0.5) is 14.5 Å². The van der Waals surface area contributed by atoms with Crippen LogP contribution in [0.2, 0.25) is 0 Å². The van der Waals surface area contributed by atoms with E-state index >= 15 is 0 Å². The molecule has 0 atom stereocenters. The Morgan fingerprint density at radius 2 is 2.00 bits per heavy atom. The molecule has 1 aromatic carbocycles. The quantitative estimate of drug-likeness (QED) is 0.878. The number of aryl methyl sites for hydroxylation is 1. The van der Waals surface area contributed by atoms with Crippen LogP contribution in [-0.2, 0) is 11.8 Å². The highest BCUT2D eigenvalue weighted by atomic mass is 19.2. The van der Waals surface area contributed by atoms with E-state index in [1.807, 2.05) is 0 Å². The highest BCUT2D eigenvalue weighted by Crippen LogP contribution is 2.15. The maximum atomic E-state index is 13.1. The number of hydrogen-bond acceptors (Lipinski definition) is 4. The monoisotopic (exact) mass is 309 g/mol. The van der Waals surface area contributed by atoms with Gasteiger partial charge in [0.2, 0.25) is 0 Å². The number of rotatable bonds is 4. The summed E-state index contributed by atoms with van der Waals surface area (Å²) >= 11 is 0. The minimum atomic E-state index is -1.07. The summed E-state index contributed by atoms with van der Waals surface area (Å²) < 4.78 is 31.9. The first-order valence-corrected chi connectivity index (χ1v) is 6.40. The van der Waals surface area contributed by atoms with Gasteiger partial charge in [0, 0.05) is 24.9 Å². The van der Waals surface area contributed by atoms with Gasteiger partial charge < -0.3 is 10.1 Å². The van der Waals surface area contributed by atoms with Gasteiger partial charge in [0.05, 0.1) is 6.61 Å². The molecule has 1 aromatic heterocycles. The van der Waals surface area contributed by atoms with E-state index in [2.05, 4.69) is 10.4 Å². The molecule has 0 unspecified atom stereocenters. The van der Waals surface area contributed by atoms with Crippen molar-refractivity contribution in [3.63, 3.8) is 0 Å². The zero-order valence-electron chi connectivity index (χ0n) is 11.9. The van der Waals surface area contributed by atoms with Crippen molar-refractivity contribution in [1.82, 2.24) is 9.78 Å². The van der Waals surface area contributed by atoms with E-state index < -0.39 is 23.5 Å². The summed E-state index contributed by atoms with van der Waals surface area (Å²) in [4.78, 5) is 23.6. The van der Waals surface area contributed by atoms with Gasteiger partial charge >= 0.3 is 5.97 Å². The summed E-state index contributed by atoms with van der Waals surface area (Å²) in [7, 11) is 1.48. The first-order chi connectivity index (χ1) is 10.4. The number of benzene rings is 1. The fourth-order valence-electron chi connectivity index (χ4n) is 1.75. The molecule has 1 heterocycles. The number of carbonyl (C=O) groups excluding carboxylic acids is 2. The number of aromatic nitrogens is 2. The summed E-state index contributed by atoms with van der Waals surface area (Å²) in [6, 6.07) is 4.24. The first kappa shape index (κ1) is 15.6. The van der Waals surface area contributed by atoms with E-state index in [4.69, 9.17) is 4.74 Å². The van der Waals surface area contributed by atoms with Crippen LogP contribution < -0.4 is 5.32 Å². The average Bonchev–Trinajstić information content (AvgIpc) is 2.85. The third-order valence-corrected chi connectivity index (χ3v) is 2.77. The van der Waals surface area contributed by atoms with E-state index in [0.717, 1.165) is 12.1 Å². The summed E-state index contributed by atoms with van der Waals surface area (Å²) in [5, 5.41) is 6.26.